The minimum Gasteiger partial charge on any atom is -0.322 e. The molecule has 142 valence electrons. The van der Waals surface area contributed by atoms with Crippen LogP contribution in [0, 0.1) is 5.41 Å². The van der Waals surface area contributed by atoms with Gasteiger partial charge in [-0.15, -0.1) is 0 Å². The maximum absolute atomic E-state index is 12.9. The molecule has 1 atom stereocenters. The Bertz CT molecular complexity index is 823. The summed E-state index contributed by atoms with van der Waals surface area (Å²) < 4.78 is 0. The van der Waals surface area contributed by atoms with Crippen LogP contribution in [-0.2, 0) is 22.7 Å². The van der Waals surface area contributed by atoms with Crippen molar-refractivity contribution in [2.75, 3.05) is 26.2 Å². The highest BCUT2D eigenvalue weighted by Crippen LogP contribution is 2.37. The molecule has 1 aromatic rings. The van der Waals surface area contributed by atoms with Crippen LogP contribution < -0.4 is 10.6 Å². The molecule has 0 aliphatic carbocycles. The van der Waals surface area contributed by atoms with Crippen molar-refractivity contribution in [1.82, 2.24) is 20.4 Å². The van der Waals surface area contributed by atoms with Crippen molar-refractivity contribution in [2.45, 2.75) is 38.4 Å². The van der Waals surface area contributed by atoms with Gasteiger partial charge in [-0.25, -0.2) is 0 Å². The maximum atomic E-state index is 12.9. The van der Waals surface area contributed by atoms with E-state index in [0.29, 0.717) is 23.9 Å². The van der Waals surface area contributed by atoms with E-state index in [1.807, 2.05) is 12.1 Å². The molecule has 0 bridgehead atoms. The summed E-state index contributed by atoms with van der Waals surface area (Å²) in [6.07, 6.45) is 1.95. The largest absolute Gasteiger partial charge is 0.322 e. The lowest BCUT2D eigenvalue weighted by atomic mass is 9.79. The fraction of sp³-hybridized carbons (Fsp3) is 0.550. The van der Waals surface area contributed by atoms with Crippen molar-refractivity contribution >= 4 is 17.7 Å². The second-order valence-electron chi connectivity index (χ2n) is 8.46. The van der Waals surface area contributed by atoms with E-state index in [1.165, 1.54) is 6.42 Å². The minimum atomic E-state index is -0.545. The average Bonchev–Trinajstić information content (AvgIpc) is 3.21. The SMILES string of the molecule is O=C1CCC(N2Cc3ccc(CN4CC5(CCNC5)C4)cc3C2=O)C(=O)N1. The van der Waals surface area contributed by atoms with Gasteiger partial charge in [0.1, 0.15) is 6.04 Å². The van der Waals surface area contributed by atoms with Gasteiger partial charge in [-0.3, -0.25) is 24.6 Å². The van der Waals surface area contributed by atoms with Gasteiger partial charge >= 0.3 is 0 Å². The van der Waals surface area contributed by atoms with Crippen LogP contribution in [0.25, 0.3) is 0 Å². The number of imide groups is 1. The Morgan fingerprint density at radius 1 is 1.19 bits per heavy atom. The summed E-state index contributed by atoms with van der Waals surface area (Å²) in [5.41, 5.74) is 3.28. The molecule has 27 heavy (non-hydrogen) atoms. The number of fused-ring (bicyclic) bond motifs is 1. The van der Waals surface area contributed by atoms with Crippen LogP contribution in [0.1, 0.15) is 40.7 Å². The van der Waals surface area contributed by atoms with Crippen LogP contribution in [0.4, 0.5) is 0 Å². The number of piperidine rings is 1. The van der Waals surface area contributed by atoms with Crippen LogP contribution in [0.3, 0.4) is 0 Å². The summed E-state index contributed by atoms with van der Waals surface area (Å²) >= 11 is 0. The first kappa shape index (κ1) is 16.9. The fourth-order valence-corrected chi connectivity index (χ4v) is 5.04. The third kappa shape index (κ3) is 2.85. The minimum absolute atomic E-state index is 0.0959. The first-order valence-electron chi connectivity index (χ1n) is 9.73. The van der Waals surface area contributed by atoms with Crippen molar-refractivity contribution in [3.8, 4) is 0 Å². The van der Waals surface area contributed by atoms with Gasteiger partial charge in [-0.1, -0.05) is 12.1 Å². The molecule has 3 amide bonds. The fourth-order valence-electron chi connectivity index (χ4n) is 5.04. The summed E-state index contributed by atoms with van der Waals surface area (Å²) in [5, 5.41) is 5.80. The van der Waals surface area contributed by atoms with E-state index in [4.69, 9.17) is 0 Å². The highest BCUT2D eigenvalue weighted by molar-refractivity contribution is 6.05. The van der Waals surface area contributed by atoms with Crippen molar-refractivity contribution in [3.63, 3.8) is 0 Å². The van der Waals surface area contributed by atoms with Crippen molar-refractivity contribution in [2.24, 2.45) is 5.41 Å². The number of hydrogen-bond donors (Lipinski definition) is 2. The predicted octanol–water partition coefficient (Wildman–Crippen LogP) is 0.243. The number of nitrogens with one attached hydrogen (secondary N) is 2. The number of likely N-dealkylation sites (tertiary alicyclic amines) is 1. The van der Waals surface area contributed by atoms with Gasteiger partial charge < -0.3 is 10.2 Å². The second-order valence-corrected chi connectivity index (χ2v) is 8.46. The van der Waals surface area contributed by atoms with Crippen molar-refractivity contribution in [3.05, 3.63) is 34.9 Å². The lowest BCUT2D eigenvalue weighted by Crippen LogP contribution is -2.56. The van der Waals surface area contributed by atoms with Crippen molar-refractivity contribution in [1.29, 1.82) is 0 Å². The number of nitrogens with zero attached hydrogens (tertiary/aromatic N) is 2. The molecular weight excluding hydrogens is 344 g/mol. The molecule has 0 saturated carbocycles. The number of rotatable bonds is 3. The third-order valence-corrected chi connectivity index (χ3v) is 6.45. The molecule has 3 fully saturated rings. The van der Waals surface area contributed by atoms with Gasteiger partial charge in [-0.2, -0.15) is 0 Å². The van der Waals surface area contributed by atoms with E-state index < -0.39 is 6.04 Å². The number of carbonyl (C=O) groups excluding carboxylic acids is 3. The van der Waals surface area contributed by atoms with E-state index >= 15 is 0 Å². The van der Waals surface area contributed by atoms with E-state index in [1.54, 1.807) is 4.90 Å². The number of benzene rings is 1. The van der Waals surface area contributed by atoms with Gasteiger partial charge in [0.05, 0.1) is 0 Å². The van der Waals surface area contributed by atoms with Gasteiger partial charge in [0.2, 0.25) is 11.8 Å². The van der Waals surface area contributed by atoms with Crippen LogP contribution in [0.15, 0.2) is 18.2 Å². The molecule has 4 aliphatic heterocycles. The van der Waals surface area contributed by atoms with E-state index in [-0.39, 0.29) is 24.1 Å². The zero-order valence-electron chi connectivity index (χ0n) is 15.3. The molecule has 4 heterocycles. The van der Waals surface area contributed by atoms with E-state index in [0.717, 1.165) is 43.9 Å². The van der Waals surface area contributed by atoms with E-state index in [2.05, 4.69) is 21.6 Å². The molecular formula is C20H24N4O3. The monoisotopic (exact) mass is 368 g/mol. The van der Waals surface area contributed by atoms with Gasteiger partial charge in [0.25, 0.3) is 5.91 Å². The Kier molecular flexibility index (Phi) is 3.84. The first-order valence-corrected chi connectivity index (χ1v) is 9.73. The highest BCUT2D eigenvalue weighted by Gasteiger charge is 2.44. The first-order chi connectivity index (χ1) is 13.0. The zero-order chi connectivity index (χ0) is 18.6. The van der Waals surface area contributed by atoms with Gasteiger partial charge in [0.15, 0.2) is 0 Å². The number of carbonyl (C=O) groups is 3. The molecule has 1 aromatic carbocycles. The summed E-state index contributed by atoms with van der Waals surface area (Å²) in [6, 6.07) is 5.55. The molecule has 5 rings (SSSR count). The Morgan fingerprint density at radius 2 is 2.04 bits per heavy atom. The normalized spacial score (nSPS) is 27.0. The number of hydrogen-bond acceptors (Lipinski definition) is 5. The maximum Gasteiger partial charge on any atom is 0.255 e. The van der Waals surface area contributed by atoms with Crippen LogP contribution >= 0.6 is 0 Å². The van der Waals surface area contributed by atoms with Crippen LogP contribution in [0.5, 0.6) is 0 Å². The van der Waals surface area contributed by atoms with Crippen LogP contribution in [0.2, 0.25) is 0 Å². The summed E-state index contributed by atoms with van der Waals surface area (Å²) in [7, 11) is 0. The third-order valence-electron chi connectivity index (χ3n) is 6.45. The summed E-state index contributed by atoms with van der Waals surface area (Å²) in [4.78, 5) is 40.4. The summed E-state index contributed by atoms with van der Waals surface area (Å²) in [6.45, 7) is 5.78. The molecule has 1 unspecified atom stereocenters. The molecule has 4 aliphatic rings. The van der Waals surface area contributed by atoms with E-state index in [9.17, 15) is 14.4 Å². The molecule has 3 saturated heterocycles. The molecule has 7 nitrogen and oxygen atoms in total. The summed E-state index contributed by atoms with van der Waals surface area (Å²) in [5.74, 6) is -0.711. The molecule has 0 radical (unpaired) electrons. The zero-order valence-corrected chi connectivity index (χ0v) is 15.3. The standard InChI is InChI=1S/C20H24N4O3/c25-17-4-3-16(18(26)22-17)24-9-14-2-1-13(7-15(14)19(24)27)8-23-11-20(12-23)5-6-21-10-20/h1-2,7,16,21H,3-6,8-12H2,(H,22,25,26). The van der Waals surface area contributed by atoms with Gasteiger partial charge in [0, 0.05) is 50.1 Å². The number of amides is 3. The lowest BCUT2D eigenvalue weighted by Gasteiger charge is -2.48. The second kappa shape index (κ2) is 6.14. The average molecular weight is 368 g/mol. The quantitative estimate of drug-likeness (QED) is 0.747. The van der Waals surface area contributed by atoms with Gasteiger partial charge in [-0.05, 0) is 36.6 Å². The predicted molar refractivity (Wildman–Crippen MR) is 97.7 cm³/mol. The smallest absolute Gasteiger partial charge is 0.255 e. The van der Waals surface area contributed by atoms with Crippen LogP contribution in [-0.4, -0.2) is 59.7 Å². The molecule has 2 N–H and O–H groups in total. The molecule has 0 aromatic heterocycles. The Balaban J connectivity index is 1.27. The molecule has 1 spiro atoms. The van der Waals surface area contributed by atoms with Crippen molar-refractivity contribution < 1.29 is 14.4 Å². The highest BCUT2D eigenvalue weighted by atomic mass is 16.2. The lowest BCUT2D eigenvalue weighted by molar-refractivity contribution is -0.136. The Morgan fingerprint density at radius 3 is 2.78 bits per heavy atom. The Labute approximate surface area is 158 Å². The Hall–Kier alpha value is -2.25. The topological polar surface area (TPSA) is 81.8 Å². The molecule has 7 heteroatoms.